The lowest BCUT2D eigenvalue weighted by molar-refractivity contribution is -0.120. The van der Waals surface area contributed by atoms with Crippen molar-refractivity contribution < 1.29 is 4.79 Å². The normalized spacial score (nSPS) is 20.4. The Hall–Kier alpha value is -1.39. The molecule has 108 valence electrons. The number of carbonyl (C=O) groups excluding carboxylic acids is 1. The summed E-state index contributed by atoms with van der Waals surface area (Å²) in [6.45, 7) is 5.82. The topological polar surface area (TPSA) is 44.4 Å². The molecule has 1 heterocycles. The van der Waals surface area contributed by atoms with Gasteiger partial charge in [0.25, 0.3) is 0 Å². The number of amides is 1. The maximum atomic E-state index is 12.3. The van der Waals surface area contributed by atoms with E-state index in [9.17, 15) is 4.79 Å². The molecule has 0 spiro atoms. The number of aryl methyl sites for hydroxylation is 2. The number of piperazine rings is 1. The SMILES string of the molecule is CC(C(=O)Nc1ccc2c(c1)CCC2)N1CCNCC1. The molecule has 0 bridgehead atoms. The molecule has 2 aliphatic rings. The van der Waals surface area contributed by atoms with Crippen molar-refractivity contribution in [3.63, 3.8) is 0 Å². The third-order valence-corrected chi connectivity index (χ3v) is 4.44. The largest absolute Gasteiger partial charge is 0.325 e. The first kappa shape index (κ1) is 13.6. The number of fused-ring (bicyclic) bond motifs is 1. The maximum Gasteiger partial charge on any atom is 0.241 e. The van der Waals surface area contributed by atoms with Crippen LogP contribution in [-0.2, 0) is 17.6 Å². The van der Waals surface area contributed by atoms with Crippen LogP contribution in [-0.4, -0.2) is 43.0 Å². The Bertz CT molecular complexity index is 494. The highest BCUT2D eigenvalue weighted by molar-refractivity contribution is 5.94. The molecule has 3 rings (SSSR count). The van der Waals surface area contributed by atoms with Crippen LogP contribution in [0.3, 0.4) is 0 Å². The van der Waals surface area contributed by atoms with E-state index >= 15 is 0 Å². The van der Waals surface area contributed by atoms with Crippen molar-refractivity contribution in [2.75, 3.05) is 31.5 Å². The lowest BCUT2D eigenvalue weighted by Gasteiger charge is -2.31. The Balaban J connectivity index is 1.63. The van der Waals surface area contributed by atoms with E-state index in [1.165, 1.54) is 24.0 Å². The number of carbonyl (C=O) groups is 1. The summed E-state index contributed by atoms with van der Waals surface area (Å²) in [5.41, 5.74) is 3.79. The quantitative estimate of drug-likeness (QED) is 0.875. The molecule has 4 heteroatoms. The number of hydrogen-bond acceptors (Lipinski definition) is 3. The first-order valence-corrected chi connectivity index (χ1v) is 7.61. The van der Waals surface area contributed by atoms with E-state index in [-0.39, 0.29) is 11.9 Å². The van der Waals surface area contributed by atoms with Gasteiger partial charge >= 0.3 is 0 Å². The lowest BCUT2D eigenvalue weighted by atomic mass is 10.1. The summed E-state index contributed by atoms with van der Waals surface area (Å²) < 4.78 is 0. The summed E-state index contributed by atoms with van der Waals surface area (Å²) in [6.07, 6.45) is 3.57. The Morgan fingerprint density at radius 3 is 2.80 bits per heavy atom. The average Bonchev–Trinajstić information content (AvgIpc) is 2.95. The standard InChI is InChI=1S/C16H23N3O/c1-12(19-9-7-17-8-10-19)16(20)18-15-6-5-13-3-2-4-14(13)11-15/h5-6,11-12,17H,2-4,7-10H2,1H3,(H,18,20). The summed E-state index contributed by atoms with van der Waals surface area (Å²) >= 11 is 0. The molecule has 0 radical (unpaired) electrons. The van der Waals surface area contributed by atoms with Crippen LogP contribution in [0.2, 0.25) is 0 Å². The van der Waals surface area contributed by atoms with E-state index in [4.69, 9.17) is 0 Å². The van der Waals surface area contributed by atoms with E-state index in [0.29, 0.717) is 0 Å². The van der Waals surface area contributed by atoms with Crippen molar-refractivity contribution in [2.45, 2.75) is 32.2 Å². The van der Waals surface area contributed by atoms with E-state index < -0.39 is 0 Å². The smallest absolute Gasteiger partial charge is 0.241 e. The second-order valence-corrected chi connectivity index (χ2v) is 5.79. The fourth-order valence-corrected chi connectivity index (χ4v) is 3.13. The molecule has 0 saturated carbocycles. The Morgan fingerprint density at radius 2 is 2.00 bits per heavy atom. The molecule has 0 aromatic heterocycles. The van der Waals surface area contributed by atoms with Crippen LogP contribution in [0.25, 0.3) is 0 Å². The summed E-state index contributed by atoms with van der Waals surface area (Å²) in [7, 11) is 0. The molecule has 1 amide bonds. The van der Waals surface area contributed by atoms with Crippen molar-refractivity contribution in [3.8, 4) is 0 Å². The zero-order chi connectivity index (χ0) is 13.9. The molecule has 1 fully saturated rings. The molecular weight excluding hydrogens is 250 g/mol. The van der Waals surface area contributed by atoms with Gasteiger partial charge in [0.15, 0.2) is 0 Å². The molecule has 1 aliphatic carbocycles. The molecule has 1 atom stereocenters. The first-order chi connectivity index (χ1) is 9.74. The fraction of sp³-hybridized carbons (Fsp3) is 0.562. The minimum atomic E-state index is -0.0645. The number of rotatable bonds is 3. The Labute approximate surface area is 120 Å². The second-order valence-electron chi connectivity index (χ2n) is 5.79. The molecule has 1 aromatic rings. The Kier molecular flexibility index (Phi) is 4.03. The highest BCUT2D eigenvalue weighted by Crippen LogP contribution is 2.25. The number of hydrogen-bond donors (Lipinski definition) is 2. The van der Waals surface area contributed by atoms with Crippen molar-refractivity contribution in [1.82, 2.24) is 10.2 Å². The van der Waals surface area contributed by atoms with Gasteiger partial charge in [-0.25, -0.2) is 0 Å². The Morgan fingerprint density at radius 1 is 1.25 bits per heavy atom. The van der Waals surface area contributed by atoms with Crippen molar-refractivity contribution >= 4 is 11.6 Å². The number of anilines is 1. The molecule has 2 N–H and O–H groups in total. The van der Waals surface area contributed by atoms with Gasteiger partial charge in [-0.05, 0) is 49.4 Å². The van der Waals surface area contributed by atoms with Gasteiger partial charge in [-0.15, -0.1) is 0 Å². The third-order valence-electron chi connectivity index (χ3n) is 4.44. The van der Waals surface area contributed by atoms with Crippen molar-refractivity contribution in [2.24, 2.45) is 0 Å². The van der Waals surface area contributed by atoms with E-state index in [1.54, 1.807) is 0 Å². The van der Waals surface area contributed by atoms with Crippen LogP contribution in [0.4, 0.5) is 5.69 Å². The lowest BCUT2D eigenvalue weighted by Crippen LogP contribution is -2.51. The average molecular weight is 273 g/mol. The summed E-state index contributed by atoms with van der Waals surface area (Å²) in [5.74, 6) is 0.102. The summed E-state index contributed by atoms with van der Waals surface area (Å²) in [6, 6.07) is 6.27. The van der Waals surface area contributed by atoms with E-state index in [1.807, 2.05) is 13.0 Å². The monoisotopic (exact) mass is 273 g/mol. The van der Waals surface area contributed by atoms with Crippen LogP contribution in [0.15, 0.2) is 18.2 Å². The van der Waals surface area contributed by atoms with Gasteiger partial charge in [0.2, 0.25) is 5.91 Å². The molecule has 1 saturated heterocycles. The molecule has 20 heavy (non-hydrogen) atoms. The van der Waals surface area contributed by atoms with E-state index in [2.05, 4.69) is 27.7 Å². The van der Waals surface area contributed by atoms with E-state index in [0.717, 1.165) is 38.3 Å². The predicted molar refractivity (Wildman–Crippen MR) is 81.0 cm³/mol. The van der Waals surface area contributed by atoms with Gasteiger partial charge in [-0.2, -0.15) is 0 Å². The minimum absolute atomic E-state index is 0.0645. The third kappa shape index (κ3) is 2.86. The minimum Gasteiger partial charge on any atom is -0.325 e. The second kappa shape index (κ2) is 5.94. The summed E-state index contributed by atoms with van der Waals surface area (Å²) in [4.78, 5) is 14.6. The van der Waals surface area contributed by atoms with Crippen LogP contribution < -0.4 is 10.6 Å². The molecule has 1 unspecified atom stereocenters. The van der Waals surface area contributed by atoms with Crippen LogP contribution in [0.5, 0.6) is 0 Å². The van der Waals surface area contributed by atoms with Gasteiger partial charge < -0.3 is 10.6 Å². The van der Waals surface area contributed by atoms with Crippen molar-refractivity contribution in [1.29, 1.82) is 0 Å². The molecule has 1 aromatic carbocycles. The van der Waals surface area contributed by atoms with Crippen molar-refractivity contribution in [3.05, 3.63) is 29.3 Å². The molecule has 4 nitrogen and oxygen atoms in total. The molecular formula is C16H23N3O. The van der Waals surface area contributed by atoms with Gasteiger partial charge in [-0.3, -0.25) is 9.69 Å². The first-order valence-electron chi connectivity index (χ1n) is 7.61. The predicted octanol–water partition coefficient (Wildman–Crippen LogP) is 1.41. The van der Waals surface area contributed by atoms with Crippen LogP contribution in [0.1, 0.15) is 24.5 Å². The van der Waals surface area contributed by atoms with Gasteiger partial charge in [0, 0.05) is 31.9 Å². The highest BCUT2D eigenvalue weighted by Gasteiger charge is 2.23. The summed E-state index contributed by atoms with van der Waals surface area (Å²) in [5, 5.41) is 6.38. The number of nitrogens with one attached hydrogen (secondary N) is 2. The van der Waals surface area contributed by atoms with Crippen LogP contribution in [0, 0.1) is 0 Å². The zero-order valence-electron chi connectivity index (χ0n) is 12.1. The van der Waals surface area contributed by atoms with Gasteiger partial charge in [-0.1, -0.05) is 6.07 Å². The van der Waals surface area contributed by atoms with Gasteiger partial charge in [0.05, 0.1) is 6.04 Å². The fourth-order valence-electron chi connectivity index (χ4n) is 3.13. The number of nitrogens with zero attached hydrogens (tertiary/aromatic N) is 1. The molecule has 1 aliphatic heterocycles. The van der Waals surface area contributed by atoms with Crippen LogP contribution >= 0.6 is 0 Å². The number of benzene rings is 1. The highest BCUT2D eigenvalue weighted by atomic mass is 16.2. The maximum absolute atomic E-state index is 12.3. The zero-order valence-corrected chi connectivity index (χ0v) is 12.1. The van der Waals surface area contributed by atoms with Gasteiger partial charge in [0.1, 0.15) is 0 Å².